The van der Waals surface area contributed by atoms with Gasteiger partial charge >= 0.3 is 0 Å². The minimum absolute atomic E-state index is 0.0140. The second kappa shape index (κ2) is 18.0. The predicted molar refractivity (Wildman–Crippen MR) is 355 cm³/mol. The number of benzene rings is 8. The Hall–Kier alpha value is -6.56. The molecule has 2 atom stereocenters. The predicted octanol–water partition coefficient (Wildman–Crippen LogP) is 20.0. The summed E-state index contributed by atoms with van der Waals surface area (Å²) in [5, 5.41) is 2.70. The quantitative estimate of drug-likeness (QED) is 0.159. The number of rotatable bonds is 5. The zero-order valence-corrected chi connectivity index (χ0v) is 52.4. The van der Waals surface area contributed by atoms with Gasteiger partial charge in [-0.15, -0.1) is 11.3 Å². The van der Waals surface area contributed by atoms with Gasteiger partial charge in [-0.2, -0.15) is 0 Å². The fourth-order valence-electron chi connectivity index (χ4n) is 14.6. The molecule has 4 heterocycles. The van der Waals surface area contributed by atoms with Crippen molar-refractivity contribution in [2.24, 2.45) is 0 Å². The van der Waals surface area contributed by atoms with E-state index >= 15 is 0 Å². The van der Waals surface area contributed by atoms with Crippen LogP contribution in [0.2, 0.25) is 0 Å². The van der Waals surface area contributed by atoms with Crippen molar-refractivity contribution in [1.82, 2.24) is 0 Å². The number of fused-ring (bicyclic) bond motifs is 10. The molecule has 0 N–H and O–H groups in total. The summed E-state index contributed by atoms with van der Waals surface area (Å²) in [6.07, 6.45) is 4.75. The van der Waals surface area contributed by atoms with Crippen molar-refractivity contribution in [2.75, 3.05) is 14.7 Å². The molecular formula is C76H84BN3S. The van der Waals surface area contributed by atoms with E-state index in [0.29, 0.717) is 0 Å². The molecule has 0 spiro atoms. The maximum absolute atomic E-state index is 2.93. The van der Waals surface area contributed by atoms with Gasteiger partial charge in [0, 0.05) is 59.9 Å². The molecule has 8 aromatic carbocycles. The lowest BCUT2D eigenvalue weighted by Crippen LogP contribution is -2.64. The molecule has 5 heteroatoms. The zero-order valence-electron chi connectivity index (χ0n) is 51.6. The summed E-state index contributed by atoms with van der Waals surface area (Å²) >= 11 is 1.96. The summed E-state index contributed by atoms with van der Waals surface area (Å²) in [7, 11) is 0. The van der Waals surface area contributed by atoms with Crippen LogP contribution in [0, 0.1) is 0 Å². The van der Waals surface area contributed by atoms with Crippen LogP contribution in [0.3, 0.4) is 0 Å². The van der Waals surface area contributed by atoms with Crippen molar-refractivity contribution < 1.29 is 0 Å². The van der Waals surface area contributed by atoms with E-state index in [-0.39, 0.29) is 44.7 Å². The molecule has 3 aliphatic heterocycles. The molecule has 0 amide bonds. The first-order valence-electron chi connectivity index (χ1n) is 30.2. The summed E-state index contributed by atoms with van der Waals surface area (Å²) < 4.78 is 2.68. The molecule has 0 bridgehead atoms. The third-order valence-electron chi connectivity index (χ3n) is 19.8. The van der Waals surface area contributed by atoms with E-state index in [1.54, 1.807) is 5.56 Å². The van der Waals surface area contributed by atoms with Gasteiger partial charge in [-0.05, 0) is 168 Å². The van der Waals surface area contributed by atoms with Crippen molar-refractivity contribution >= 4 is 100 Å². The van der Waals surface area contributed by atoms with Crippen LogP contribution in [0.15, 0.2) is 152 Å². The second-order valence-electron chi connectivity index (χ2n) is 30.3. The summed E-state index contributed by atoms with van der Waals surface area (Å²) in [5.74, 6) is 0. The van der Waals surface area contributed by atoms with Crippen LogP contribution in [-0.4, -0.2) is 12.3 Å². The summed E-state index contributed by atoms with van der Waals surface area (Å²) in [4.78, 5) is 8.23. The Labute approximate surface area is 489 Å². The summed E-state index contributed by atoms with van der Waals surface area (Å²) in [6.45, 7) is 40.5. The molecule has 2 unspecified atom stereocenters. The molecule has 412 valence electrons. The van der Waals surface area contributed by atoms with E-state index in [9.17, 15) is 0 Å². The van der Waals surface area contributed by atoms with Gasteiger partial charge in [0.2, 0.25) is 0 Å². The third-order valence-corrected chi connectivity index (χ3v) is 20.9. The summed E-state index contributed by atoms with van der Waals surface area (Å²) in [5.41, 5.74) is 24.7. The third kappa shape index (κ3) is 8.39. The first kappa shape index (κ1) is 53.7. The van der Waals surface area contributed by atoms with Gasteiger partial charge in [0.1, 0.15) is 0 Å². The van der Waals surface area contributed by atoms with Crippen LogP contribution in [0.1, 0.15) is 177 Å². The molecule has 81 heavy (non-hydrogen) atoms. The minimum atomic E-state index is -0.170. The van der Waals surface area contributed by atoms with E-state index < -0.39 is 0 Å². The lowest BCUT2D eigenvalue weighted by Gasteiger charge is -2.53. The fraction of sp³-hybridized carbons (Fsp3) is 0.368. The number of thiophene rings is 1. The molecule has 1 aromatic heterocycles. The summed E-state index contributed by atoms with van der Waals surface area (Å²) in [6, 6.07) is 60.7. The SMILES string of the molecule is CC(C)(C)c1ccc(N(c2ccc(C(C)(C)C)cc2)c2cc3c4c(c2)N2c5c(cc(C(C)(C)C)cc5C5(C)CCCCC25C)B4c2cc4c(cc2N3c2ccc(C(C)(C)C)cc2-c2ccccc2)sc2cc(C(C)(C)C)ccc24)cc1. The van der Waals surface area contributed by atoms with E-state index in [2.05, 4.69) is 284 Å². The molecule has 3 nitrogen and oxygen atoms in total. The average molecular weight is 1080 g/mol. The molecule has 0 saturated heterocycles. The molecule has 1 saturated carbocycles. The maximum atomic E-state index is 2.93. The Morgan fingerprint density at radius 3 is 1.59 bits per heavy atom. The minimum Gasteiger partial charge on any atom is -0.335 e. The van der Waals surface area contributed by atoms with Crippen molar-refractivity contribution in [3.8, 4) is 11.1 Å². The molecule has 1 aliphatic carbocycles. The van der Waals surface area contributed by atoms with Gasteiger partial charge in [0.05, 0.1) is 16.9 Å². The van der Waals surface area contributed by atoms with E-state index in [4.69, 9.17) is 0 Å². The number of hydrogen-bond donors (Lipinski definition) is 0. The number of anilines is 8. The van der Waals surface area contributed by atoms with Crippen molar-refractivity contribution in [2.45, 2.75) is 181 Å². The lowest BCUT2D eigenvalue weighted by atomic mass is 9.33. The highest BCUT2D eigenvalue weighted by molar-refractivity contribution is 7.26. The Morgan fingerprint density at radius 2 is 0.988 bits per heavy atom. The van der Waals surface area contributed by atoms with Gasteiger partial charge < -0.3 is 14.7 Å². The van der Waals surface area contributed by atoms with E-state index in [0.717, 1.165) is 23.5 Å². The Balaban J connectivity index is 1.20. The van der Waals surface area contributed by atoms with Crippen LogP contribution in [0.4, 0.5) is 45.5 Å². The lowest BCUT2D eigenvalue weighted by molar-refractivity contribution is 0.195. The van der Waals surface area contributed by atoms with Gasteiger partial charge in [-0.25, -0.2) is 0 Å². The standard InChI is InChI=1S/C76H84BN3S/c1-70(2,3)48-25-31-53(32-26-48)78(54-33-27-49(28-34-54)71(4,5)6)55-43-64-68-65(44-55)80-69-59(75(16)37-21-22-38-76(75,80)17)40-52(74(13,14)15)41-61(69)77(68)60-45-58-56-35-29-51(73(10,11)12)42-66(56)81-67(58)46-63(60)79(64)62-36-30-50(72(7,8)9)39-57(62)47-23-19-18-20-24-47/h18-20,23-36,39-46H,21-22,37-38H2,1-17H3. The van der Waals surface area contributed by atoms with Gasteiger partial charge in [-0.3, -0.25) is 0 Å². The Kier molecular flexibility index (Phi) is 11.9. The molecule has 9 aromatic rings. The second-order valence-corrected chi connectivity index (χ2v) is 31.4. The van der Waals surface area contributed by atoms with Gasteiger partial charge in [0.25, 0.3) is 6.71 Å². The van der Waals surface area contributed by atoms with Crippen LogP contribution in [0.5, 0.6) is 0 Å². The average Bonchev–Trinajstić information content (AvgIpc) is 1.72. The van der Waals surface area contributed by atoms with Crippen LogP contribution in [-0.2, 0) is 32.5 Å². The Bertz CT molecular complexity index is 3940. The first-order chi connectivity index (χ1) is 38.0. The highest BCUT2D eigenvalue weighted by Crippen LogP contribution is 2.63. The molecule has 4 aliphatic rings. The number of nitrogens with zero attached hydrogens (tertiary/aromatic N) is 3. The smallest absolute Gasteiger partial charge is 0.252 e. The highest BCUT2D eigenvalue weighted by Gasteiger charge is 2.62. The van der Waals surface area contributed by atoms with Gasteiger partial charge in [0.15, 0.2) is 0 Å². The van der Waals surface area contributed by atoms with Crippen LogP contribution in [0.25, 0.3) is 31.3 Å². The zero-order chi connectivity index (χ0) is 57.3. The normalized spacial score (nSPS) is 18.8. The maximum Gasteiger partial charge on any atom is 0.252 e. The molecular weight excluding hydrogens is 998 g/mol. The number of hydrogen-bond acceptors (Lipinski definition) is 4. The van der Waals surface area contributed by atoms with Crippen LogP contribution >= 0.6 is 11.3 Å². The molecule has 1 fully saturated rings. The molecule has 0 radical (unpaired) electrons. The van der Waals surface area contributed by atoms with Crippen LogP contribution < -0.4 is 31.1 Å². The highest BCUT2D eigenvalue weighted by atomic mass is 32.1. The van der Waals surface area contributed by atoms with E-state index in [1.165, 1.54) is 123 Å². The Morgan fingerprint density at radius 1 is 0.444 bits per heavy atom. The monoisotopic (exact) mass is 1080 g/mol. The largest absolute Gasteiger partial charge is 0.335 e. The van der Waals surface area contributed by atoms with Gasteiger partial charge in [-0.1, -0.05) is 215 Å². The van der Waals surface area contributed by atoms with Crippen molar-refractivity contribution in [3.05, 3.63) is 185 Å². The topological polar surface area (TPSA) is 9.72 Å². The van der Waals surface area contributed by atoms with E-state index in [1.807, 2.05) is 11.3 Å². The van der Waals surface area contributed by atoms with Crippen molar-refractivity contribution in [1.29, 1.82) is 0 Å². The molecule has 13 rings (SSSR count). The first-order valence-corrected chi connectivity index (χ1v) is 31.1. The fourth-order valence-corrected chi connectivity index (χ4v) is 15.8. The van der Waals surface area contributed by atoms with Crippen molar-refractivity contribution in [3.63, 3.8) is 0 Å².